The molecule has 20 heavy (non-hydrogen) atoms. The largest absolute Gasteiger partial charge is 0.481 e. The van der Waals surface area contributed by atoms with E-state index < -0.39 is 5.97 Å². The molecule has 0 radical (unpaired) electrons. The van der Waals surface area contributed by atoms with Crippen LogP contribution in [0.1, 0.15) is 59.3 Å². The predicted molar refractivity (Wildman–Crippen MR) is 85.2 cm³/mol. The third-order valence-corrected chi connectivity index (χ3v) is 3.81. The van der Waals surface area contributed by atoms with E-state index in [1.807, 2.05) is 0 Å². The van der Waals surface area contributed by atoms with Gasteiger partial charge in [0, 0.05) is 6.54 Å². The predicted octanol–water partition coefficient (Wildman–Crippen LogP) is 3.08. The second kappa shape index (κ2) is 13.4. The van der Waals surface area contributed by atoms with Gasteiger partial charge in [-0.15, -0.1) is 0 Å². The van der Waals surface area contributed by atoms with Crippen molar-refractivity contribution in [3.63, 3.8) is 0 Å². The molecular formula is C16H34N2O2. The lowest BCUT2D eigenvalue weighted by molar-refractivity contribution is -0.137. The Hall–Kier alpha value is -0.610. The molecule has 0 saturated carbocycles. The van der Waals surface area contributed by atoms with Gasteiger partial charge in [-0.2, -0.15) is 0 Å². The van der Waals surface area contributed by atoms with Gasteiger partial charge < -0.3 is 14.9 Å². The van der Waals surface area contributed by atoms with E-state index in [1.165, 1.54) is 32.1 Å². The minimum atomic E-state index is -0.686. The topological polar surface area (TPSA) is 43.8 Å². The van der Waals surface area contributed by atoms with Crippen LogP contribution >= 0.6 is 0 Å². The van der Waals surface area contributed by atoms with Crippen molar-refractivity contribution in [1.82, 2.24) is 9.80 Å². The number of nitrogens with zero attached hydrogens (tertiary/aromatic N) is 2. The van der Waals surface area contributed by atoms with Crippen molar-refractivity contribution in [2.75, 3.05) is 39.3 Å². The zero-order valence-corrected chi connectivity index (χ0v) is 13.7. The number of carbonyl (C=O) groups is 1. The Kier molecular flexibility index (Phi) is 13.0. The summed E-state index contributed by atoms with van der Waals surface area (Å²) in [6.07, 6.45) is 6.29. The van der Waals surface area contributed by atoms with Crippen LogP contribution in [0, 0.1) is 0 Å². The molecule has 0 bridgehead atoms. The van der Waals surface area contributed by atoms with Gasteiger partial charge in [0.1, 0.15) is 0 Å². The van der Waals surface area contributed by atoms with Crippen molar-refractivity contribution >= 4 is 5.97 Å². The molecule has 0 aromatic carbocycles. The summed E-state index contributed by atoms with van der Waals surface area (Å²) in [7, 11) is 0. The van der Waals surface area contributed by atoms with Crippen LogP contribution in [0.4, 0.5) is 0 Å². The first-order chi connectivity index (χ1) is 9.63. The SMILES string of the molecule is CCCCCN(CCCCN(CC)CC)CCC(=O)O. The summed E-state index contributed by atoms with van der Waals surface area (Å²) >= 11 is 0. The number of hydrogen-bond acceptors (Lipinski definition) is 3. The molecule has 0 aliphatic carbocycles. The molecule has 120 valence electrons. The fourth-order valence-electron chi connectivity index (χ4n) is 2.39. The van der Waals surface area contributed by atoms with Crippen molar-refractivity contribution in [3.8, 4) is 0 Å². The van der Waals surface area contributed by atoms with E-state index in [0.717, 1.165) is 32.7 Å². The van der Waals surface area contributed by atoms with Crippen LogP contribution < -0.4 is 0 Å². The van der Waals surface area contributed by atoms with Gasteiger partial charge in [-0.3, -0.25) is 4.79 Å². The van der Waals surface area contributed by atoms with Crippen LogP contribution in [0.3, 0.4) is 0 Å². The van der Waals surface area contributed by atoms with Gasteiger partial charge in [-0.1, -0.05) is 33.6 Å². The molecule has 4 nitrogen and oxygen atoms in total. The van der Waals surface area contributed by atoms with Crippen LogP contribution in [0.25, 0.3) is 0 Å². The summed E-state index contributed by atoms with van der Waals surface area (Å²) in [5.41, 5.74) is 0. The molecular weight excluding hydrogens is 252 g/mol. The van der Waals surface area contributed by atoms with E-state index in [-0.39, 0.29) is 6.42 Å². The van der Waals surface area contributed by atoms with Crippen molar-refractivity contribution in [2.45, 2.75) is 59.3 Å². The van der Waals surface area contributed by atoms with Crippen molar-refractivity contribution < 1.29 is 9.90 Å². The normalized spacial score (nSPS) is 11.4. The van der Waals surface area contributed by atoms with E-state index in [2.05, 4.69) is 30.6 Å². The van der Waals surface area contributed by atoms with Gasteiger partial charge in [-0.25, -0.2) is 0 Å². The minimum Gasteiger partial charge on any atom is -0.481 e. The van der Waals surface area contributed by atoms with Gasteiger partial charge >= 0.3 is 5.97 Å². The standard InChI is InChI=1S/C16H34N2O2/c1-4-7-8-13-18(15-11-16(19)20)14-10-9-12-17(5-2)6-3/h4-15H2,1-3H3,(H,19,20). The van der Waals surface area contributed by atoms with E-state index in [4.69, 9.17) is 5.11 Å². The molecule has 0 spiro atoms. The highest BCUT2D eigenvalue weighted by Crippen LogP contribution is 2.03. The summed E-state index contributed by atoms with van der Waals surface area (Å²) in [6, 6.07) is 0. The minimum absolute atomic E-state index is 0.266. The Bertz CT molecular complexity index is 231. The van der Waals surface area contributed by atoms with Crippen molar-refractivity contribution in [2.24, 2.45) is 0 Å². The number of hydrogen-bond donors (Lipinski definition) is 1. The summed E-state index contributed by atoms with van der Waals surface area (Å²) in [4.78, 5) is 15.5. The van der Waals surface area contributed by atoms with Crippen molar-refractivity contribution in [3.05, 3.63) is 0 Å². The molecule has 0 aromatic rings. The first-order valence-electron chi connectivity index (χ1n) is 8.30. The molecule has 0 amide bonds. The first-order valence-corrected chi connectivity index (χ1v) is 8.30. The molecule has 0 unspecified atom stereocenters. The zero-order chi connectivity index (χ0) is 15.2. The smallest absolute Gasteiger partial charge is 0.304 e. The quantitative estimate of drug-likeness (QED) is 0.498. The van der Waals surface area contributed by atoms with E-state index in [1.54, 1.807) is 0 Å². The van der Waals surface area contributed by atoms with Gasteiger partial charge in [-0.05, 0) is 52.0 Å². The fourth-order valence-corrected chi connectivity index (χ4v) is 2.39. The summed E-state index contributed by atoms with van der Waals surface area (Å²) in [5, 5.41) is 8.81. The fraction of sp³-hybridized carbons (Fsp3) is 0.938. The zero-order valence-electron chi connectivity index (χ0n) is 13.7. The Morgan fingerprint density at radius 1 is 0.800 bits per heavy atom. The maximum atomic E-state index is 10.7. The van der Waals surface area contributed by atoms with Gasteiger partial charge in [0.25, 0.3) is 0 Å². The second-order valence-electron chi connectivity index (χ2n) is 5.43. The molecule has 0 atom stereocenters. The Balaban J connectivity index is 3.85. The highest BCUT2D eigenvalue weighted by molar-refractivity contribution is 5.66. The van der Waals surface area contributed by atoms with Gasteiger partial charge in [0.15, 0.2) is 0 Å². The number of carboxylic acids is 1. The monoisotopic (exact) mass is 286 g/mol. The van der Waals surface area contributed by atoms with Crippen LogP contribution in [0.15, 0.2) is 0 Å². The summed E-state index contributed by atoms with van der Waals surface area (Å²) < 4.78 is 0. The number of rotatable bonds is 14. The van der Waals surface area contributed by atoms with E-state index in [9.17, 15) is 4.79 Å². The lowest BCUT2D eigenvalue weighted by atomic mass is 10.2. The molecule has 1 N–H and O–H groups in total. The lowest BCUT2D eigenvalue weighted by Crippen LogP contribution is -2.30. The molecule has 0 fully saturated rings. The number of carboxylic acid groups (broad SMARTS) is 1. The summed E-state index contributed by atoms with van der Waals surface area (Å²) in [6.45, 7) is 12.8. The highest BCUT2D eigenvalue weighted by atomic mass is 16.4. The first kappa shape index (κ1) is 19.4. The number of aliphatic carboxylic acids is 1. The second-order valence-corrected chi connectivity index (χ2v) is 5.43. The van der Waals surface area contributed by atoms with Gasteiger partial charge in [0.2, 0.25) is 0 Å². The van der Waals surface area contributed by atoms with Crippen LogP contribution in [-0.2, 0) is 4.79 Å². The molecule has 0 saturated heterocycles. The Labute approximate surface area is 125 Å². The van der Waals surface area contributed by atoms with Gasteiger partial charge in [0.05, 0.1) is 6.42 Å². The lowest BCUT2D eigenvalue weighted by Gasteiger charge is -2.23. The molecule has 0 aliphatic heterocycles. The average molecular weight is 286 g/mol. The van der Waals surface area contributed by atoms with Crippen LogP contribution in [0.2, 0.25) is 0 Å². The maximum Gasteiger partial charge on any atom is 0.304 e. The van der Waals surface area contributed by atoms with Crippen LogP contribution in [-0.4, -0.2) is 60.1 Å². The average Bonchev–Trinajstić information content (AvgIpc) is 2.44. The number of unbranched alkanes of at least 4 members (excludes halogenated alkanes) is 3. The molecule has 0 heterocycles. The molecule has 0 aliphatic rings. The highest BCUT2D eigenvalue weighted by Gasteiger charge is 2.07. The van der Waals surface area contributed by atoms with Crippen LogP contribution in [0.5, 0.6) is 0 Å². The Morgan fingerprint density at radius 3 is 1.75 bits per heavy atom. The maximum absolute atomic E-state index is 10.7. The third kappa shape index (κ3) is 11.2. The molecule has 0 aromatic heterocycles. The molecule has 4 heteroatoms. The van der Waals surface area contributed by atoms with E-state index in [0.29, 0.717) is 6.54 Å². The Morgan fingerprint density at radius 2 is 1.30 bits per heavy atom. The third-order valence-electron chi connectivity index (χ3n) is 3.81. The van der Waals surface area contributed by atoms with Crippen molar-refractivity contribution in [1.29, 1.82) is 0 Å². The van der Waals surface area contributed by atoms with E-state index >= 15 is 0 Å². The molecule has 0 rings (SSSR count). The summed E-state index contributed by atoms with van der Waals surface area (Å²) in [5.74, 6) is -0.686.